The first-order chi connectivity index (χ1) is 27.0. The van der Waals surface area contributed by atoms with Gasteiger partial charge >= 0.3 is 0 Å². The van der Waals surface area contributed by atoms with Crippen LogP contribution in [0.1, 0.15) is 20.3 Å². The topological polar surface area (TPSA) is 85.7 Å². The van der Waals surface area contributed by atoms with E-state index >= 15 is 0 Å². The summed E-state index contributed by atoms with van der Waals surface area (Å²) in [6.45, 7) is 2.81. The number of Topliss-reactive ketones (excluding diaryl/α,β-unsaturated/α-hetero) is 2. The smallest absolute Gasteiger partial charge is 0.137 e. The maximum Gasteiger partial charge on any atom is 0.137 e. The predicted octanol–water partition coefficient (Wildman–Crippen LogP) is 11.5. The van der Waals surface area contributed by atoms with Crippen molar-refractivity contribution in [2.45, 2.75) is 20.3 Å². The van der Waals surface area contributed by atoms with Crippen molar-refractivity contribution in [3.8, 4) is 67.5 Å². The molecule has 0 saturated carbocycles. The van der Waals surface area contributed by atoms with Gasteiger partial charge in [0.05, 0.1) is 53.0 Å². The maximum absolute atomic E-state index is 10.0. The zero-order valence-electron chi connectivity index (χ0n) is 31.1. The number of hydrogen-bond acceptors (Lipinski definition) is 6. The zero-order valence-corrected chi connectivity index (χ0v) is 32.9. The Hall–Kier alpha value is -6.56. The molecule has 6 aromatic carbocycles. The van der Waals surface area contributed by atoms with Crippen molar-refractivity contribution in [1.29, 1.82) is 0 Å². The molecule has 8 rings (SSSR count). The van der Waals surface area contributed by atoms with Crippen molar-refractivity contribution in [2.24, 2.45) is 0 Å². The van der Waals surface area contributed by atoms with Crippen molar-refractivity contribution in [3.63, 3.8) is 0 Å². The molecule has 0 aliphatic carbocycles. The molecule has 2 heterocycles. The van der Waals surface area contributed by atoms with E-state index in [4.69, 9.17) is 19.9 Å². The van der Waals surface area contributed by atoms with Crippen LogP contribution in [-0.2, 0) is 29.1 Å². The van der Waals surface area contributed by atoms with E-state index < -0.39 is 0 Å². The molecule has 0 atom stereocenters. The minimum atomic E-state index is -0.0625. The van der Waals surface area contributed by atoms with Gasteiger partial charge in [0.25, 0.3) is 0 Å². The second kappa shape index (κ2) is 20.8. The number of nitrogens with zero attached hydrogens (tertiary/aromatic N) is 4. The van der Waals surface area contributed by atoms with Gasteiger partial charge in [-0.3, -0.25) is 19.6 Å². The normalized spacial score (nSPS) is 10.0. The van der Waals surface area contributed by atoms with Crippen LogP contribution in [0.2, 0.25) is 0 Å². The monoisotopic (exact) mass is 818 g/mol. The minimum absolute atomic E-state index is 0. The van der Waals surface area contributed by atoms with Crippen molar-refractivity contribution < 1.29 is 29.1 Å². The number of hydrogen-bond donors (Lipinski definition) is 0. The molecular formula is C49H40N4O2Ru. The molecule has 56 heavy (non-hydrogen) atoms. The fraction of sp³-hybridized carbons (Fsp3) is 0.0612. The number of rotatable bonds is 8. The predicted molar refractivity (Wildman–Crippen MR) is 223 cm³/mol. The van der Waals surface area contributed by atoms with Gasteiger partial charge in [0.1, 0.15) is 11.6 Å². The van der Waals surface area contributed by atoms with Crippen LogP contribution in [0.3, 0.4) is 0 Å². The van der Waals surface area contributed by atoms with Crippen molar-refractivity contribution >= 4 is 11.6 Å². The molecule has 7 heteroatoms. The Kier molecular flexibility index (Phi) is 15.1. The summed E-state index contributed by atoms with van der Waals surface area (Å²) in [5.74, 6) is -0.125. The Morgan fingerprint density at radius 1 is 0.357 bits per heavy atom. The number of benzene rings is 6. The third-order valence-electron chi connectivity index (χ3n) is 8.37. The van der Waals surface area contributed by atoms with Gasteiger partial charge in [-0.05, 0) is 13.8 Å². The van der Waals surface area contributed by atoms with Crippen LogP contribution in [0, 0.1) is 0 Å². The average molecular weight is 818 g/mol. The number of carbonyl (C=O) groups is 2. The molecule has 2 aromatic heterocycles. The molecule has 0 aliphatic rings. The van der Waals surface area contributed by atoms with Crippen LogP contribution in [-0.4, -0.2) is 31.5 Å². The van der Waals surface area contributed by atoms with E-state index in [1.165, 1.54) is 13.8 Å². The van der Waals surface area contributed by atoms with E-state index in [1.54, 1.807) is 0 Å². The Morgan fingerprint density at radius 3 is 0.821 bits per heavy atom. The molecule has 0 N–H and O–H groups in total. The molecule has 6 nitrogen and oxygen atoms in total. The van der Waals surface area contributed by atoms with Gasteiger partial charge < -0.3 is 0 Å². The van der Waals surface area contributed by atoms with Crippen molar-refractivity contribution in [3.05, 3.63) is 194 Å². The van der Waals surface area contributed by atoms with Gasteiger partial charge in [0.15, 0.2) is 0 Å². The molecular weight excluding hydrogens is 778 g/mol. The summed E-state index contributed by atoms with van der Waals surface area (Å²) in [7, 11) is 0. The standard InChI is InChI=1S/2C22H16N2.C5H8O2.Ru/c2*1-4-10-17(11-5-1)20-16-23-21(18-12-6-2-7-13-18)22(24-20)19-14-8-3-9-15-19;1-4(6)3-5(2)7;/h2*1-16H;3H2,1-2H3;. The molecule has 8 aromatic rings. The Labute approximate surface area is 341 Å². The first-order valence-corrected chi connectivity index (χ1v) is 18.0. The third-order valence-corrected chi connectivity index (χ3v) is 8.37. The zero-order chi connectivity index (χ0) is 38.2. The summed E-state index contributed by atoms with van der Waals surface area (Å²) in [6, 6.07) is 61.1. The number of carbonyl (C=O) groups excluding carboxylic acids is 2. The van der Waals surface area contributed by atoms with Gasteiger partial charge in [-0.2, -0.15) is 0 Å². The second-order valence-electron chi connectivity index (χ2n) is 12.7. The minimum Gasteiger partial charge on any atom is -0.300 e. The van der Waals surface area contributed by atoms with Crippen LogP contribution in [0.15, 0.2) is 194 Å². The third kappa shape index (κ3) is 11.2. The van der Waals surface area contributed by atoms with Crippen LogP contribution in [0.25, 0.3) is 67.5 Å². The SMILES string of the molecule is CC(=O)CC(C)=O.[Ru].c1ccc(-c2cnc(-c3ccccc3)c(-c3ccccc3)n2)cc1.c1ccc(-c2cnc(-c3ccccc3)c(-c3ccccc3)n2)cc1. The van der Waals surface area contributed by atoms with Gasteiger partial charge in [-0.15, -0.1) is 0 Å². The summed E-state index contributed by atoms with van der Waals surface area (Å²) in [6.07, 6.45) is 3.79. The fourth-order valence-electron chi connectivity index (χ4n) is 5.83. The van der Waals surface area contributed by atoms with E-state index in [2.05, 4.69) is 72.8 Å². The summed E-state index contributed by atoms with van der Waals surface area (Å²) in [5, 5.41) is 0. The summed E-state index contributed by atoms with van der Waals surface area (Å²) in [4.78, 5) is 39.4. The molecule has 0 saturated heterocycles. The van der Waals surface area contributed by atoms with Crippen LogP contribution >= 0.6 is 0 Å². The Balaban J connectivity index is 0.000000181. The van der Waals surface area contributed by atoms with Crippen LogP contribution < -0.4 is 0 Å². The van der Waals surface area contributed by atoms with E-state index in [0.717, 1.165) is 67.5 Å². The molecule has 0 radical (unpaired) electrons. The summed E-state index contributed by atoms with van der Waals surface area (Å²) in [5.41, 5.74) is 11.8. The fourth-order valence-corrected chi connectivity index (χ4v) is 5.83. The quantitative estimate of drug-likeness (QED) is 0.112. The van der Waals surface area contributed by atoms with Gasteiger partial charge in [0.2, 0.25) is 0 Å². The first-order valence-electron chi connectivity index (χ1n) is 18.0. The van der Waals surface area contributed by atoms with Crippen LogP contribution in [0.4, 0.5) is 0 Å². The molecule has 0 bridgehead atoms. The van der Waals surface area contributed by atoms with Crippen molar-refractivity contribution in [2.75, 3.05) is 0 Å². The molecule has 276 valence electrons. The summed E-state index contributed by atoms with van der Waals surface area (Å²) < 4.78 is 0. The van der Waals surface area contributed by atoms with E-state index in [9.17, 15) is 9.59 Å². The van der Waals surface area contributed by atoms with Gasteiger partial charge in [0, 0.05) is 52.9 Å². The van der Waals surface area contributed by atoms with Gasteiger partial charge in [-0.1, -0.05) is 182 Å². The Morgan fingerprint density at radius 2 is 0.589 bits per heavy atom. The van der Waals surface area contributed by atoms with E-state index in [-0.39, 0.29) is 37.5 Å². The number of ketones is 2. The number of aromatic nitrogens is 4. The molecule has 0 amide bonds. The first kappa shape index (κ1) is 40.6. The largest absolute Gasteiger partial charge is 0.300 e. The van der Waals surface area contributed by atoms with Crippen LogP contribution in [0.5, 0.6) is 0 Å². The molecule has 0 fully saturated rings. The molecule has 0 unspecified atom stereocenters. The second-order valence-corrected chi connectivity index (χ2v) is 12.7. The molecule has 0 aliphatic heterocycles. The van der Waals surface area contributed by atoms with E-state index in [0.29, 0.717) is 0 Å². The molecule has 0 spiro atoms. The van der Waals surface area contributed by atoms with Crippen molar-refractivity contribution in [1.82, 2.24) is 19.9 Å². The average Bonchev–Trinajstić information content (AvgIpc) is 3.25. The van der Waals surface area contributed by atoms with Gasteiger partial charge in [-0.25, -0.2) is 9.97 Å². The maximum atomic E-state index is 10.0. The Bertz CT molecular complexity index is 2260. The van der Waals surface area contributed by atoms with E-state index in [1.807, 2.05) is 122 Å². The summed E-state index contributed by atoms with van der Waals surface area (Å²) >= 11 is 0.